The number of ether oxygens (including phenoxy) is 4. The van der Waals surface area contributed by atoms with Gasteiger partial charge in [0.05, 0.1) is 24.3 Å². The Morgan fingerprint density at radius 3 is 1.66 bits per heavy atom. The van der Waals surface area contributed by atoms with Crippen LogP contribution in [0.15, 0.2) is 89.9 Å². The van der Waals surface area contributed by atoms with Gasteiger partial charge in [-0.1, -0.05) is 22.5 Å². The second kappa shape index (κ2) is 13.1. The number of hydrogen-bond acceptors (Lipinski definition) is 7. The Bertz CT molecular complexity index is 1150. The molecular formula is C27H23BrO7. The Hall–Kier alpha value is -3.91. The maximum Gasteiger partial charge on any atom is 0.343 e. The van der Waals surface area contributed by atoms with Crippen molar-refractivity contribution >= 4 is 33.8 Å². The molecule has 0 N–H and O–H groups in total. The first-order chi connectivity index (χ1) is 16.9. The van der Waals surface area contributed by atoms with Crippen LogP contribution in [0.5, 0.6) is 17.2 Å². The van der Waals surface area contributed by atoms with Crippen molar-refractivity contribution in [2.24, 2.45) is 0 Å². The number of benzene rings is 3. The Balaban J connectivity index is 1.43. The molecule has 3 rings (SSSR count). The first-order valence-electron chi connectivity index (χ1n) is 10.8. The lowest BCUT2D eigenvalue weighted by atomic mass is 10.2. The van der Waals surface area contributed by atoms with Gasteiger partial charge >= 0.3 is 17.9 Å². The van der Waals surface area contributed by atoms with Crippen LogP contribution >= 0.6 is 15.9 Å². The molecule has 0 radical (unpaired) electrons. The lowest BCUT2D eigenvalue weighted by Crippen LogP contribution is -2.09. The van der Waals surface area contributed by atoms with Crippen LogP contribution < -0.4 is 14.2 Å². The lowest BCUT2D eigenvalue weighted by molar-refractivity contribution is -0.137. The third-order valence-corrected chi connectivity index (χ3v) is 5.16. The summed E-state index contributed by atoms with van der Waals surface area (Å²) in [6, 6.07) is 19.6. The average Bonchev–Trinajstić information content (AvgIpc) is 2.87. The van der Waals surface area contributed by atoms with Crippen molar-refractivity contribution in [3.05, 3.63) is 101 Å². The van der Waals surface area contributed by atoms with Crippen LogP contribution in [0.1, 0.15) is 33.6 Å². The topological polar surface area (TPSA) is 88.1 Å². The maximum absolute atomic E-state index is 12.4. The highest BCUT2D eigenvalue weighted by molar-refractivity contribution is 9.10. The van der Waals surface area contributed by atoms with Gasteiger partial charge in [0.25, 0.3) is 0 Å². The van der Waals surface area contributed by atoms with E-state index in [2.05, 4.69) is 22.5 Å². The van der Waals surface area contributed by atoms with Gasteiger partial charge in [0, 0.05) is 10.5 Å². The zero-order valence-corrected chi connectivity index (χ0v) is 20.4. The molecule has 0 aliphatic heterocycles. The van der Waals surface area contributed by atoms with Gasteiger partial charge < -0.3 is 18.9 Å². The van der Waals surface area contributed by atoms with Crippen molar-refractivity contribution in [2.45, 2.75) is 12.8 Å². The summed E-state index contributed by atoms with van der Waals surface area (Å²) >= 11 is 3.32. The van der Waals surface area contributed by atoms with Crippen LogP contribution in [0.25, 0.3) is 0 Å². The molecule has 0 aliphatic carbocycles. The largest absolute Gasteiger partial charge is 0.494 e. The molecule has 0 atom stereocenters. The summed E-state index contributed by atoms with van der Waals surface area (Å²) in [5.74, 6) is -0.194. The maximum atomic E-state index is 12.4. The third-order valence-electron chi connectivity index (χ3n) is 4.63. The number of hydrogen-bond donors (Lipinski definition) is 0. The summed E-state index contributed by atoms with van der Waals surface area (Å²) in [4.78, 5) is 35.6. The molecule has 0 saturated heterocycles. The summed E-state index contributed by atoms with van der Waals surface area (Å²) in [5.41, 5.74) is 0.782. The van der Waals surface area contributed by atoms with Crippen LogP contribution in [-0.2, 0) is 9.53 Å². The fraction of sp³-hybridized carbons (Fsp3) is 0.148. The Kier molecular flexibility index (Phi) is 9.62. The van der Waals surface area contributed by atoms with E-state index in [1.165, 1.54) is 0 Å². The number of unbranched alkanes of at least 4 members (excludes halogenated alkanes) is 1. The van der Waals surface area contributed by atoms with Gasteiger partial charge in [-0.15, -0.1) is 0 Å². The first kappa shape index (κ1) is 25.7. The molecule has 0 spiro atoms. The second-order valence-electron chi connectivity index (χ2n) is 7.21. The molecule has 0 amide bonds. The zero-order valence-electron chi connectivity index (χ0n) is 18.8. The fourth-order valence-corrected chi connectivity index (χ4v) is 3.07. The van der Waals surface area contributed by atoms with E-state index in [0.29, 0.717) is 54.4 Å². The number of halogens is 1. The summed E-state index contributed by atoms with van der Waals surface area (Å²) in [6.45, 7) is 4.10. The highest BCUT2D eigenvalue weighted by Gasteiger charge is 2.11. The first-order valence-corrected chi connectivity index (χ1v) is 11.6. The van der Waals surface area contributed by atoms with E-state index in [4.69, 9.17) is 18.9 Å². The predicted molar refractivity (Wildman–Crippen MR) is 133 cm³/mol. The molecule has 35 heavy (non-hydrogen) atoms. The smallest absolute Gasteiger partial charge is 0.343 e. The van der Waals surface area contributed by atoms with Crippen molar-refractivity contribution in [3.63, 3.8) is 0 Å². The molecule has 8 heteroatoms. The van der Waals surface area contributed by atoms with Crippen LogP contribution in [0.4, 0.5) is 0 Å². The molecule has 3 aromatic carbocycles. The molecule has 180 valence electrons. The van der Waals surface area contributed by atoms with Crippen LogP contribution in [0, 0.1) is 0 Å². The van der Waals surface area contributed by atoms with E-state index >= 15 is 0 Å². The lowest BCUT2D eigenvalue weighted by Gasteiger charge is -2.08. The zero-order chi connectivity index (χ0) is 25.0. The van der Waals surface area contributed by atoms with Gasteiger partial charge in [0.2, 0.25) is 0 Å². The molecule has 0 saturated carbocycles. The van der Waals surface area contributed by atoms with E-state index in [1.54, 1.807) is 72.8 Å². The highest BCUT2D eigenvalue weighted by Crippen LogP contribution is 2.21. The van der Waals surface area contributed by atoms with E-state index < -0.39 is 17.9 Å². The van der Waals surface area contributed by atoms with E-state index in [9.17, 15) is 14.4 Å². The molecule has 0 aliphatic rings. The SMILES string of the molecule is C=CC(=O)OCCCCOc1ccc(C(=O)Oc2ccc(OC(=O)c3ccc(Br)cc3)cc2)cc1. The van der Waals surface area contributed by atoms with Gasteiger partial charge in [-0.3, -0.25) is 0 Å². The van der Waals surface area contributed by atoms with Crippen LogP contribution in [-0.4, -0.2) is 31.1 Å². The average molecular weight is 539 g/mol. The minimum absolute atomic E-state index is 0.313. The van der Waals surface area contributed by atoms with Crippen molar-refractivity contribution in [1.82, 2.24) is 0 Å². The Labute approximate surface area is 211 Å². The fourth-order valence-electron chi connectivity index (χ4n) is 2.81. The monoisotopic (exact) mass is 538 g/mol. The van der Waals surface area contributed by atoms with Gasteiger partial charge in [-0.25, -0.2) is 14.4 Å². The van der Waals surface area contributed by atoms with Crippen molar-refractivity contribution in [3.8, 4) is 17.2 Å². The normalized spacial score (nSPS) is 10.2. The molecule has 0 heterocycles. The third kappa shape index (κ3) is 8.42. The molecular weight excluding hydrogens is 516 g/mol. The van der Waals surface area contributed by atoms with E-state index in [0.717, 1.165) is 10.5 Å². The minimum Gasteiger partial charge on any atom is -0.494 e. The predicted octanol–water partition coefficient (Wildman–Crippen LogP) is 5.78. The number of carbonyl (C=O) groups is 3. The second-order valence-corrected chi connectivity index (χ2v) is 8.12. The number of esters is 3. The standard InChI is InChI=1S/C27H23BrO7/c1-2-25(29)33-18-4-3-17-32-22-11-7-20(8-12-22)27(31)35-24-15-13-23(14-16-24)34-26(30)19-5-9-21(28)10-6-19/h2,5-16H,1,3-4,17-18H2. The number of carbonyl (C=O) groups excluding carboxylic acids is 3. The summed E-state index contributed by atoms with van der Waals surface area (Å²) in [7, 11) is 0. The van der Waals surface area contributed by atoms with E-state index in [1.807, 2.05) is 0 Å². The molecule has 0 aromatic heterocycles. The van der Waals surface area contributed by atoms with E-state index in [-0.39, 0.29) is 0 Å². The van der Waals surface area contributed by atoms with Gasteiger partial charge in [0.1, 0.15) is 17.2 Å². The molecule has 7 nitrogen and oxygen atoms in total. The van der Waals surface area contributed by atoms with Crippen molar-refractivity contribution in [1.29, 1.82) is 0 Å². The van der Waals surface area contributed by atoms with Crippen molar-refractivity contribution < 1.29 is 33.3 Å². The number of rotatable bonds is 11. The van der Waals surface area contributed by atoms with Gasteiger partial charge in [0.15, 0.2) is 0 Å². The van der Waals surface area contributed by atoms with Crippen LogP contribution in [0.2, 0.25) is 0 Å². The highest BCUT2D eigenvalue weighted by atomic mass is 79.9. The minimum atomic E-state index is -0.528. The van der Waals surface area contributed by atoms with Crippen molar-refractivity contribution in [2.75, 3.05) is 13.2 Å². The van der Waals surface area contributed by atoms with Gasteiger partial charge in [-0.05, 0) is 85.6 Å². The Morgan fingerprint density at radius 1 is 0.686 bits per heavy atom. The summed E-state index contributed by atoms with van der Waals surface area (Å²) in [5, 5.41) is 0. The molecule has 3 aromatic rings. The molecule has 0 bridgehead atoms. The van der Waals surface area contributed by atoms with Crippen LogP contribution in [0.3, 0.4) is 0 Å². The molecule has 0 fully saturated rings. The summed E-state index contributed by atoms with van der Waals surface area (Å²) < 4.78 is 22.1. The summed E-state index contributed by atoms with van der Waals surface area (Å²) in [6.07, 6.45) is 2.51. The van der Waals surface area contributed by atoms with Gasteiger partial charge in [-0.2, -0.15) is 0 Å². The Morgan fingerprint density at radius 2 is 1.14 bits per heavy atom. The quantitative estimate of drug-likeness (QED) is 0.132. The molecule has 0 unspecified atom stereocenters.